The number of hydrogen-bond acceptors (Lipinski definition) is 5. The molecule has 0 aliphatic carbocycles. The molecule has 2 aromatic carbocycles. The van der Waals surface area contributed by atoms with Crippen LogP contribution in [-0.4, -0.2) is 59.9 Å². The lowest BCUT2D eigenvalue weighted by Gasteiger charge is -2.29. The number of aryl methyl sites for hydroxylation is 1. The molecular formula is C29H38N2O4. The molecule has 2 aromatic rings. The summed E-state index contributed by atoms with van der Waals surface area (Å²) in [7, 11) is 1.58. The molecule has 1 aliphatic rings. The highest BCUT2D eigenvalue weighted by Gasteiger charge is 2.46. The number of carbonyl (C=O) groups is 2. The van der Waals surface area contributed by atoms with Crippen molar-refractivity contribution in [1.82, 2.24) is 9.80 Å². The molecule has 1 aliphatic heterocycles. The Labute approximate surface area is 209 Å². The molecule has 1 amide bonds. The van der Waals surface area contributed by atoms with E-state index in [2.05, 4.69) is 39.5 Å². The lowest BCUT2D eigenvalue weighted by molar-refractivity contribution is -0.140. The van der Waals surface area contributed by atoms with Crippen molar-refractivity contribution in [2.24, 2.45) is 0 Å². The molecular weight excluding hydrogens is 440 g/mol. The number of likely N-dealkylation sites (tertiary alicyclic amines) is 1. The van der Waals surface area contributed by atoms with Gasteiger partial charge >= 0.3 is 0 Å². The van der Waals surface area contributed by atoms with E-state index < -0.39 is 17.7 Å². The molecule has 6 heteroatoms. The smallest absolute Gasteiger partial charge is 0.295 e. The van der Waals surface area contributed by atoms with E-state index in [-0.39, 0.29) is 16.7 Å². The van der Waals surface area contributed by atoms with Crippen molar-refractivity contribution in [3.05, 3.63) is 70.3 Å². The number of aliphatic hydroxyl groups is 1. The van der Waals surface area contributed by atoms with E-state index in [0.29, 0.717) is 24.4 Å². The maximum absolute atomic E-state index is 13.3. The number of amides is 1. The van der Waals surface area contributed by atoms with Gasteiger partial charge in [-0.05, 0) is 60.3 Å². The molecule has 0 saturated carbocycles. The second-order valence-electron chi connectivity index (χ2n) is 10.1. The number of benzene rings is 2. The quantitative estimate of drug-likeness (QED) is 0.326. The van der Waals surface area contributed by atoms with Gasteiger partial charge in [-0.25, -0.2) is 0 Å². The van der Waals surface area contributed by atoms with Crippen LogP contribution < -0.4 is 4.74 Å². The third-order valence-corrected chi connectivity index (χ3v) is 6.87. The predicted octanol–water partition coefficient (Wildman–Crippen LogP) is 5.06. The third-order valence-electron chi connectivity index (χ3n) is 6.87. The van der Waals surface area contributed by atoms with Gasteiger partial charge in [0.25, 0.3) is 11.7 Å². The highest BCUT2D eigenvalue weighted by atomic mass is 16.5. The van der Waals surface area contributed by atoms with Gasteiger partial charge in [-0.15, -0.1) is 0 Å². The summed E-state index contributed by atoms with van der Waals surface area (Å²) in [6.45, 7) is 15.2. The summed E-state index contributed by atoms with van der Waals surface area (Å²) in [6, 6.07) is 12.6. The van der Waals surface area contributed by atoms with Crippen LogP contribution in [0.2, 0.25) is 0 Å². The third kappa shape index (κ3) is 5.43. The Kier molecular flexibility index (Phi) is 8.06. The molecule has 1 unspecified atom stereocenters. The van der Waals surface area contributed by atoms with Crippen LogP contribution in [0.25, 0.3) is 5.76 Å². The van der Waals surface area contributed by atoms with Gasteiger partial charge in [0.1, 0.15) is 11.5 Å². The number of likely N-dealkylation sites (N-methyl/N-ethyl adjacent to an activating group) is 1. The van der Waals surface area contributed by atoms with Crippen molar-refractivity contribution < 1.29 is 19.4 Å². The van der Waals surface area contributed by atoms with E-state index >= 15 is 0 Å². The Morgan fingerprint density at radius 3 is 2.20 bits per heavy atom. The number of nitrogens with zero attached hydrogens (tertiary/aromatic N) is 2. The highest BCUT2D eigenvalue weighted by molar-refractivity contribution is 6.46. The Balaban J connectivity index is 2.14. The summed E-state index contributed by atoms with van der Waals surface area (Å²) < 4.78 is 5.28. The Morgan fingerprint density at radius 1 is 1.06 bits per heavy atom. The Hall–Kier alpha value is -3.12. The average molecular weight is 479 g/mol. The van der Waals surface area contributed by atoms with E-state index in [1.807, 2.05) is 31.2 Å². The van der Waals surface area contributed by atoms with Crippen LogP contribution in [0.3, 0.4) is 0 Å². The average Bonchev–Trinajstić information content (AvgIpc) is 3.08. The number of ether oxygens (including phenoxy) is 1. The normalized spacial score (nSPS) is 17.9. The van der Waals surface area contributed by atoms with E-state index in [1.54, 1.807) is 30.2 Å². The fourth-order valence-electron chi connectivity index (χ4n) is 4.59. The zero-order valence-electron chi connectivity index (χ0n) is 22.0. The number of ketones is 1. The van der Waals surface area contributed by atoms with Crippen LogP contribution in [0.4, 0.5) is 0 Å². The molecule has 1 atom stereocenters. The monoisotopic (exact) mass is 478 g/mol. The lowest BCUT2D eigenvalue weighted by atomic mass is 9.85. The van der Waals surface area contributed by atoms with Gasteiger partial charge in [0.2, 0.25) is 0 Å². The number of carbonyl (C=O) groups excluding carboxylic acids is 2. The molecule has 1 fully saturated rings. The van der Waals surface area contributed by atoms with Crippen LogP contribution in [0.15, 0.2) is 48.0 Å². The second kappa shape index (κ2) is 10.6. The molecule has 6 nitrogen and oxygen atoms in total. The second-order valence-corrected chi connectivity index (χ2v) is 10.1. The van der Waals surface area contributed by atoms with Crippen molar-refractivity contribution in [2.75, 3.05) is 33.3 Å². The zero-order chi connectivity index (χ0) is 25.9. The maximum Gasteiger partial charge on any atom is 0.295 e. The molecule has 35 heavy (non-hydrogen) atoms. The van der Waals surface area contributed by atoms with E-state index in [9.17, 15) is 14.7 Å². The molecule has 0 spiro atoms. The first-order valence-electron chi connectivity index (χ1n) is 12.3. The first kappa shape index (κ1) is 26.5. The minimum atomic E-state index is -0.652. The first-order valence-corrected chi connectivity index (χ1v) is 12.3. The van der Waals surface area contributed by atoms with Crippen LogP contribution in [0, 0.1) is 6.92 Å². The van der Waals surface area contributed by atoms with Gasteiger partial charge in [-0.2, -0.15) is 0 Å². The summed E-state index contributed by atoms with van der Waals surface area (Å²) in [5.41, 5.74) is 3.36. The summed E-state index contributed by atoms with van der Waals surface area (Å²) in [4.78, 5) is 30.4. The maximum atomic E-state index is 13.3. The molecule has 0 radical (unpaired) electrons. The number of rotatable bonds is 8. The Bertz CT molecular complexity index is 1110. The van der Waals surface area contributed by atoms with Gasteiger partial charge in [-0.3, -0.25) is 9.59 Å². The number of Topliss-reactive ketones (excluding diaryl/α,β-unsaturated/α-hetero) is 1. The SMILES string of the molecule is CCN(CC)CCN1C(=O)C(=O)C(=C(O)c2ccc(OC)cc2C)C1c1ccc(C(C)(C)C)cc1. The van der Waals surface area contributed by atoms with Crippen molar-refractivity contribution in [2.45, 2.75) is 53.0 Å². The topological polar surface area (TPSA) is 70.1 Å². The predicted molar refractivity (Wildman–Crippen MR) is 140 cm³/mol. The van der Waals surface area contributed by atoms with Crippen LogP contribution >= 0.6 is 0 Å². The minimum absolute atomic E-state index is 0.0245. The van der Waals surface area contributed by atoms with Gasteiger partial charge in [0.15, 0.2) is 0 Å². The van der Waals surface area contributed by atoms with Crippen molar-refractivity contribution in [3.8, 4) is 5.75 Å². The summed E-state index contributed by atoms with van der Waals surface area (Å²) >= 11 is 0. The first-order chi connectivity index (χ1) is 16.5. The fraction of sp³-hybridized carbons (Fsp3) is 0.448. The van der Waals surface area contributed by atoms with E-state index in [4.69, 9.17) is 4.74 Å². The molecule has 3 rings (SSSR count). The van der Waals surface area contributed by atoms with Crippen molar-refractivity contribution >= 4 is 17.4 Å². The lowest BCUT2D eigenvalue weighted by Crippen LogP contribution is -2.38. The fourth-order valence-corrected chi connectivity index (χ4v) is 4.59. The van der Waals surface area contributed by atoms with Crippen LogP contribution in [0.1, 0.15) is 62.9 Å². The van der Waals surface area contributed by atoms with Crippen LogP contribution in [-0.2, 0) is 15.0 Å². The molecule has 1 saturated heterocycles. The van der Waals surface area contributed by atoms with Gasteiger partial charge in [-0.1, -0.05) is 58.9 Å². The molecule has 1 heterocycles. The molecule has 188 valence electrons. The van der Waals surface area contributed by atoms with Gasteiger partial charge < -0.3 is 19.6 Å². The molecule has 0 aromatic heterocycles. The zero-order valence-corrected chi connectivity index (χ0v) is 22.0. The number of methoxy groups -OCH3 is 1. The van der Waals surface area contributed by atoms with Crippen molar-refractivity contribution in [1.29, 1.82) is 0 Å². The summed E-state index contributed by atoms with van der Waals surface area (Å²) in [5.74, 6) is -0.719. The number of aliphatic hydroxyl groups excluding tert-OH is 1. The van der Waals surface area contributed by atoms with Gasteiger partial charge in [0, 0.05) is 18.7 Å². The standard InChI is InChI=1S/C29H38N2O4/c1-8-30(9-2)16-17-31-25(20-10-12-21(13-11-20)29(4,5)6)24(27(33)28(31)34)26(32)23-15-14-22(35-7)18-19(23)3/h10-15,18,25,32H,8-9,16-17H2,1-7H3. The summed E-state index contributed by atoms with van der Waals surface area (Å²) in [6.07, 6.45) is 0. The molecule has 1 N–H and O–H groups in total. The largest absolute Gasteiger partial charge is 0.507 e. The minimum Gasteiger partial charge on any atom is -0.507 e. The van der Waals surface area contributed by atoms with Gasteiger partial charge in [0.05, 0.1) is 18.7 Å². The van der Waals surface area contributed by atoms with E-state index in [1.165, 1.54) is 0 Å². The van der Waals surface area contributed by atoms with E-state index in [0.717, 1.165) is 29.8 Å². The number of hydrogen-bond donors (Lipinski definition) is 1. The van der Waals surface area contributed by atoms with Crippen molar-refractivity contribution in [3.63, 3.8) is 0 Å². The Morgan fingerprint density at radius 2 is 1.69 bits per heavy atom. The molecule has 0 bridgehead atoms. The summed E-state index contributed by atoms with van der Waals surface area (Å²) in [5, 5.41) is 11.4. The van der Waals surface area contributed by atoms with Crippen LogP contribution in [0.5, 0.6) is 5.75 Å². The highest BCUT2D eigenvalue weighted by Crippen LogP contribution is 2.40.